The molecule has 2 aromatic rings. The maximum atomic E-state index is 5.46. The van der Waals surface area contributed by atoms with Gasteiger partial charge in [0, 0.05) is 0 Å². The molecule has 1 aromatic heterocycles. The first-order valence-corrected chi connectivity index (χ1v) is 6.48. The van der Waals surface area contributed by atoms with Gasteiger partial charge < -0.3 is 10.2 Å². The summed E-state index contributed by atoms with van der Waals surface area (Å²) in [5.74, 6) is 6.30. The molecule has 0 unspecified atom stereocenters. The zero-order valence-corrected chi connectivity index (χ0v) is 11.8. The van der Waals surface area contributed by atoms with E-state index in [9.17, 15) is 0 Å². The van der Waals surface area contributed by atoms with Crippen LogP contribution in [0, 0.1) is 20.8 Å². The average molecular weight is 263 g/mol. The normalized spacial score (nSPS) is 10.5. The Morgan fingerprint density at radius 3 is 2.44 bits per heavy atom. The van der Waals surface area contributed by atoms with Gasteiger partial charge in [0.2, 0.25) is 0 Å². The summed E-state index contributed by atoms with van der Waals surface area (Å²) in [7, 11) is 1.68. The molecule has 1 aromatic carbocycles. The van der Waals surface area contributed by atoms with E-state index in [1.165, 1.54) is 22.5 Å². The number of nitrogen functional groups attached to an aromatic ring is 1. The van der Waals surface area contributed by atoms with Crippen LogP contribution in [0.1, 0.15) is 16.8 Å². The Morgan fingerprint density at radius 1 is 1.22 bits per heavy atom. The van der Waals surface area contributed by atoms with E-state index in [0.717, 1.165) is 27.0 Å². The smallest absolute Gasteiger partial charge is 0.129 e. The number of ether oxygens (including phenoxy) is 1. The largest absolute Gasteiger partial charge is 0.496 e. The monoisotopic (exact) mass is 263 g/mol. The molecule has 4 nitrogen and oxygen atoms in total. The molecule has 0 saturated carbocycles. The fourth-order valence-electron chi connectivity index (χ4n) is 1.77. The molecule has 18 heavy (non-hydrogen) atoms. The number of nitrogens with two attached hydrogens (primary N) is 1. The van der Waals surface area contributed by atoms with Crippen molar-refractivity contribution >= 4 is 16.3 Å². The van der Waals surface area contributed by atoms with Crippen LogP contribution >= 0.6 is 11.3 Å². The number of benzene rings is 1. The summed E-state index contributed by atoms with van der Waals surface area (Å²) in [6.45, 7) is 6.09. The topological polar surface area (TPSA) is 60.2 Å². The summed E-state index contributed by atoms with van der Waals surface area (Å²) in [4.78, 5) is 4.53. The van der Waals surface area contributed by atoms with Crippen molar-refractivity contribution in [2.24, 2.45) is 5.84 Å². The third-order valence-electron chi connectivity index (χ3n) is 2.97. The molecule has 0 atom stereocenters. The molecular weight excluding hydrogens is 246 g/mol. The minimum absolute atomic E-state index is 0.843. The van der Waals surface area contributed by atoms with Gasteiger partial charge in [-0.1, -0.05) is 11.3 Å². The van der Waals surface area contributed by atoms with Crippen LogP contribution in [0.3, 0.4) is 0 Å². The second-order valence-electron chi connectivity index (χ2n) is 4.21. The number of rotatable bonds is 3. The zero-order valence-electron chi connectivity index (χ0n) is 11.0. The second-order valence-corrected chi connectivity index (χ2v) is 5.21. The van der Waals surface area contributed by atoms with Gasteiger partial charge in [0.05, 0.1) is 18.4 Å². The van der Waals surface area contributed by atoms with Gasteiger partial charge in [-0.05, 0) is 44.0 Å². The summed E-state index contributed by atoms with van der Waals surface area (Å²) in [6, 6.07) is 4.14. The van der Waals surface area contributed by atoms with Gasteiger partial charge in [-0.2, -0.15) is 0 Å². The lowest BCUT2D eigenvalue weighted by Gasteiger charge is -2.09. The van der Waals surface area contributed by atoms with Gasteiger partial charge in [0.1, 0.15) is 15.8 Å². The molecule has 0 saturated heterocycles. The number of hydrogen-bond acceptors (Lipinski definition) is 5. The van der Waals surface area contributed by atoms with Crippen molar-refractivity contribution < 1.29 is 4.74 Å². The number of hydrogen-bond donors (Lipinski definition) is 2. The Labute approximate surface area is 111 Å². The third kappa shape index (κ3) is 2.19. The first-order valence-electron chi connectivity index (χ1n) is 5.66. The van der Waals surface area contributed by atoms with Crippen molar-refractivity contribution in [1.82, 2.24) is 4.98 Å². The summed E-state index contributed by atoms with van der Waals surface area (Å²) in [6.07, 6.45) is 0. The van der Waals surface area contributed by atoms with Gasteiger partial charge in [-0.15, -0.1) is 0 Å². The lowest BCUT2D eigenvalue weighted by Crippen LogP contribution is -2.05. The predicted molar refractivity (Wildman–Crippen MR) is 76.1 cm³/mol. The highest BCUT2D eigenvalue weighted by Gasteiger charge is 2.14. The van der Waals surface area contributed by atoms with Crippen LogP contribution in [0.4, 0.5) is 5.00 Å². The minimum atomic E-state index is 0.843. The van der Waals surface area contributed by atoms with Crippen molar-refractivity contribution in [2.45, 2.75) is 20.8 Å². The number of anilines is 1. The molecule has 0 spiro atoms. The van der Waals surface area contributed by atoms with E-state index in [2.05, 4.69) is 30.3 Å². The van der Waals surface area contributed by atoms with E-state index >= 15 is 0 Å². The molecule has 0 aliphatic rings. The fourth-order valence-corrected chi connectivity index (χ4v) is 2.67. The first kappa shape index (κ1) is 12.9. The summed E-state index contributed by atoms with van der Waals surface area (Å²) in [5.41, 5.74) is 7.01. The van der Waals surface area contributed by atoms with Crippen LogP contribution in [-0.4, -0.2) is 12.1 Å². The third-order valence-corrected chi connectivity index (χ3v) is 4.10. The van der Waals surface area contributed by atoms with Crippen LogP contribution in [0.15, 0.2) is 12.1 Å². The van der Waals surface area contributed by atoms with Gasteiger partial charge in [-0.25, -0.2) is 10.8 Å². The van der Waals surface area contributed by atoms with Crippen molar-refractivity contribution in [3.63, 3.8) is 0 Å². The predicted octanol–water partition coefficient (Wildman–Crippen LogP) is 3.03. The Balaban J connectivity index is 2.58. The lowest BCUT2D eigenvalue weighted by atomic mass is 10.1. The van der Waals surface area contributed by atoms with E-state index in [4.69, 9.17) is 10.6 Å². The highest BCUT2D eigenvalue weighted by molar-refractivity contribution is 7.19. The summed E-state index contributed by atoms with van der Waals surface area (Å²) >= 11 is 1.53. The number of thiazole rings is 1. The second kappa shape index (κ2) is 4.96. The molecule has 5 heteroatoms. The highest BCUT2D eigenvalue weighted by atomic mass is 32.1. The Kier molecular flexibility index (Phi) is 3.54. The standard InChI is InChI=1S/C13H17N3OS/c1-7-5-10(11(17-4)6-8(7)2)13-15-9(3)12(16-14)18-13/h5-6,16H,14H2,1-4H3. The molecule has 3 N–H and O–H groups in total. The van der Waals surface area contributed by atoms with Crippen LogP contribution in [0.5, 0.6) is 5.75 Å². The van der Waals surface area contributed by atoms with Crippen molar-refractivity contribution in [1.29, 1.82) is 0 Å². The molecule has 0 fully saturated rings. The number of nitrogens with one attached hydrogen (secondary N) is 1. The van der Waals surface area contributed by atoms with Crippen molar-refractivity contribution in [3.05, 3.63) is 29.0 Å². The average Bonchev–Trinajstić information content (AvgIpc) is 2.73. The van der Waals surface area contributed by atoms with Crippen LogP contribution in [0.25, 0.3) is 10.6 Å². The summed E-state index contributed by atoms with van der Waals surface area (Å²) in [5, 5.41) is 1.80. The summed E-state index contributed by atoms with van der Waals surface area (Å²) < 4.78 is 5.43. The number of hydrazine groups is 1. The van der Waals surface area contributed by atoms with E-state index in [-0.39, 0.29) is 0 Å². The Bertz CT molecular complexity index is 578. The van der Waals surface area contributed by atoms with Gasteiger partial charge >= 0.3 is 0 Å². The van der Waals surface area contributed by atoms with E-state index in [0.29, 0.717) is 0 Å². The molecule has 0 amide bonds. The molecule has 1 heterocycles. The Hall–Kier alpha value is -1.59. The van der Waals surface area contributed by atoms with Crippen molar-refractivity contribution in [3.8, 4) is 16.3 Å². The molecule has 0 aliphatic heterocycles. The zero-order chi connectivity index (χ0) is 13.3. The molecule has 0 radical (unpaired) electrons. The maximum absolute atomic E-state index is 5.46. The van der Waals surface area contributed by atoms with E-state index < -0.39 is 0 Å². The maximum Gasteiger partial charge on any atom is 0.129 e. The number of aryl methyl sites for hydroxylation is 3. The van der Waals surface area contributed by atoms with Gasteiger partial charge in [-0.3, -0.25) is 0 Å². The van der Waals surface area contributed by atoms with Gasteiger partial charge in [0.25, 0.3) is 0 Å². The molecule has 2 rings (SSSR count). The fraction of sp³-hybridized carbons (Fsp3) is 0.308. The van der Waals surface area contributed by atoms with Gasteiger partial charge in [0.15, 0.2) is 0 Å². The Morgan fingerprint density at radius 2 is 1.89 bits per heavy atom. The van der Waals surface area contributed by atoms with Crippen LogP contribution < -0.4 is 16.0 Å². The lowest BCUT2D eigenvalue weighted by molar-refractivity contribution is 0.416. The van der Waals surface area contributed by atoms with E-state index in [1.807, 2.05) is 13.0 Å². The quantitative estimate of drug-likeness (QED) is 0.660. The van der Waals surface area contributed by atoms with E-state index in [1.54, 1.807) is 7.11 Å². The number of methoxy groups -OCH3 is 1. The molecule has 0 bridgehead atoms. The number of aromatic nitrogens is 1. The SMILES string of the molecule is COc1cc(C)c(C)cc1-c1nc(C)c(NN)s1. The molecule has 96 valence electrons. The molecule has 0 aliphatic carbocycles. The minimum Gasteiger partial charge on any atom is -0.496 e. The molecular formula is C13H17N3OS. The van der Waals surface area contributed by atoms with Crippen molar-refractivity contribution in [2.75, 3.05) is 12.5 Å². The van der Waals surface area contributed by atoms with Crippen LogP contribution in [0.2, 0.25) is 0 Å². The number of nitrogens with zero attached hydrogens (tertiary/aromatic N) is 1. The highest BCUT2D eigenvalue weighted by Crippen LogP contribution is 2.37. The van der Waals surface area contributed by atoms with Crippen LogP contribution in [-0.2, 0) is 0 Å². The first-order chi connectivity index (χ1) is 8.56.